The molecule has 2 fully saturated rings. The highest BCUT2D eigenvalue weighted by Gasteiger charge is 2.61. The van der Waals surface area contributed by atoms with Gasteiger partial charge in [-0.3, -0.25) is 14.4 Å². The number of aryl methyl sites for hydroxylation is 1. The van der Waals surface area contributed by atoms with Gasteiger partial charge in [0.15, 0.2) is 6.61 Å². The Labute approximate surface area is 178 Å². The highest BCUT2D eigenvalue weighted by molar-refractivity contribution is 6.02. The zero-order chi connectivity index (χ0) is 22.1. The van der Waals surface area contributed by atoms with Gasteiger partial charge in [-0.1, -0.05) is 36.4 Å². The van der Waals surface area contributed by atoms with E-state index in [9.17, 15) is 24.3 Å². The smallest absolute Gasteiger partial charge is 0.347 e. The first kappa shape index (κ1) is 20.4. The third kappa shape index (κ3) is 3.70. The summed E-state index contributed by atoms with van der Waals surface area (Å²) in [6.45, 7) is 1.49. The number of rotatable bonds is 6. The van der Waals surface area contributed by atoms with Crippen molar-refractivity contribution in [3.8, 4) is 5.75 Å². The number of aliphatic carboxylic acids is 1. The van der Waals surface area contributed by atoms with Crippen molar-refractivity contribution in [1.82, 2.24) is 15.1 Å². The number of benzene rings is 2. The minimum atomic E-state index is -1.40. The van der Waals surface area contributed by atoms with Crippen molar-refractivity contribution in [2.45, 2.75) is 25.2 Å². The van der Waals surface area contributed by atoms with Crippen LogP contribution in [0.4, 0.5) is 0 Å². The topological polar surface area (TPSA) is 116 Å². The maximum Gasteiger partial charge on any atom is 0.347 e. The molecule has 0 aromatic heterocycles. The van der Waals surface area contributed by atoms with Crippen LogP contribution in [0.2, 0.25) is 0 Å². The number of carboxylic acids is 1. The van der Waals surface area contributed by atoms with Crippen molar-refractivity contribution in [3.63, 3.8) is 0 Å². The van der Waals surface area contributed by atoms with Gasteiger partial charge in [0.1, 0.15) is 11.8 Å². The van der Waals surface area contributed by atoms with Gasteiger partial charge in [0.2, 0.25) is 12.1 Å². The number of β-lactam (4-membered cyclic amide) rings is 1. The van der Waals surface area contributed by atoms with E-state index >= 15 is 0 Å². The van der Waals surface area contributed by atoms with Crippen molar-refractivity contribution in [2.75, 3.05) is 13.2 Å². The van der Waals surface area contributed by atoms with E-state index in [0.29, 0.717) is 16.9 Å². The standard InChI is InChI=1S/C22H21N3O6/c1-13-7-5-6-10-15(13)20(27)24-11-16-18(21(28)25(16)19(24)22(29)30)23-17(26)12-31-14-8-3-2-4-9-14/h2-10,16,18-19H,11-12H2,1H3,(H,23,26)(H,29,30)/t16?,18-,19?/m0/s1. The Morgan fingerprint density at radius 1 is 1.10 bits per heavy atom. The van der Waals surface area contributed by atoms with E-state index in [1.165, 1.54) is 4.90 Å². The van der Waals surface area contributed by atoms with Crippen LogP contribution in [-0.2, 0) is 14.4 Å². The minimum absolute atomic E-state index is 0.0142. The van der Waals surface area contributed by atoms with E-state index in [1.807, 2.05) is 6.07 Å². The van der Waals surface area contributed by atoms with Gasteiger partial charge in [0.05, 0.1) is 6.04 Å². The summed E-state index contributed by atoms with van der Waals surface area (Å²) in [5.74, 6) is -2.29. The second-order valence-electron chi connectivity index (χ2n) is 7.44. The lowest BCUT2D eigenvalue weighted by atomic mass is 9.96. The summed E-state index contributed by atoms with van der Waals surface area (Å²) in [7, 11) is 0. The second kappa shape index (κ2) is 8.10. The van der Waals surface area contributed by atoms with E-state index in [0.717, 1.165) is 4.90 Å². The van der Waals surface area contributed by atoms with Crippen molar-refractivity contribution >= 4 is 23.7 Å². The lowest BCUT2D eigenvalue weighted by Gasteiger charge is -2.43. The molecule has 4 rings (SSSR count). The number of amides is 3. The van der Waals surface area contributed by atoms with Gasteiger partial charge >= 0.3 is 5.97 Å². The molecule has 0 spiro atoms. The first-order valence-electron chi connectivity index (χ1n) is 9.77. The molecule has 3 amide bonds. The number of carbonyl (C=O) groups is 4. The van der Waals surface area contributed by atoms with Gasteiger partial charge in [-0.05, 0) is 30.7 Å². The van der Waals surface area contributed by atoms with Crippen LogP contribution in [0.5, 0.6) is 5.75 Å². The number of para-hydroxylation sites is 1. The Balaban J connectivity index is 1.45. The Bertz CT molecular complexity index is 1040. The quantitative estimate of drug-likeness (QED) is 0.659. The highest BCUT2D eigenvalue weighted by Crippen LogP contribution is 2.34. The maximum atomic E-state index is 13.0. The molecular formula is C22H21N3O6. The lowest BCUT2D eigenvalue weighted by Crippen LogP contribution is -2.71. The van der Waals surface area contributed by atoms with Crippen molar-refractivity contribution < 1.29 is 29.0 Å². The zero-order valence-electron chi connectivity index (χ0n) is 16.7. The number of carboxylic acid groups (broad SMARTS) is 1. The molecule has 0 saturated carbocycles. The molecule has 31 heavy (non-hydrogen) atoms. The predicted octanol–water partition coefficient (Wildman–Crippen LogP) is 0.636. The molecule has 9 heteroatoms. The Hall–Kier alpha value is -3.88. The van der Waals surface area contributed by atoms with Crippen molar-refractivity contribution in [2.24, 2.45) is 0 Å². The Kier molecular flexibility index (Phi) is 5.33. The number of hydrogen-bond acceptors (Lipinski definition) is 5. The molecule has 2 aliphatic heterocycles. The summed E-state index contributed by atoms with van der Waals surface area (Å²) < 4.78 is 5.38. The maximum absolute atomic E-state index is 13.0. The summed E-state index contributed by atoms with van der Waals surface area (Å²) >= 11 is 0. The molecule has 2 aromatic carbocycles. The van der Waals surface area contributed by atoms with E-state index < -0.39 is 41.9 Å². The van der Waals surface area contributed by atoms with Crippen LogP contribution in [-0.4, -0.2) is 70.0 Å². The van der Waals surface area contributed by atoms with Gasteiger partial charge in [-0.15, -0.1) is 0 Å². The molecule has 9 nitrogen and oxygen atoms in total. The molecular weight excluding hydrogens is 402 g/mol. The van der Waals surface area contributed by atoms with Gasteiger partial charge in [-0.25, -0.2) is 4.79 Å². The van der Waals surface area contributed by atoms with Crippen LogP contribution in [0.15, 0.2) is 54.6 Å². The van der Waals surface area contributed by atoms with Crippen LogP contribution in [0.3, 0.4) is 0 Å². The molecule has 2 heterocycles. The van der Waals surface area contributed by atoms with Gasteiger partial charge in [0.25, 0.3) is 11.8 Å². The number of nitrogens with zero attached hydrogens (tertiary/aromatic N) is 2. The SMILES string of the molecule is Cc1ccccc1C(=O)N1CC2[C@H](NC(=O)COc3ccccc3)C(=O)N2C1C(=O)O. The summed E-state index contributed by atoms with van der Waals surface area (Å²) in [5, 5.41) is 12.3. The molecule has 0 aliphatic carbocycles. The number of carbonyl (C=O) groups excluding carboxylic acids is 3. The highest BCUT2D eigenvalue weighted by atomic mass is 16.5. The monoisotopic (exact) mass is 423 g/mol. The molecule has 2 saturated heterocycles. The molecule has 2 unspecified atom stereocenters. The molecule has 0 bridgehead atoms. The summed E-state index contributed by atoms with van der Waals surface area (Å²) in [6.07, 6.45) is -1.40. The van der Waals surface area contributed by atoms with Gasteiger partial charge < -0.3 is 25.0 Å². The average molecular weight is 423 g/mol. The lowest BCUT2D eigenvalue weighted by molar-refractivity contribution is -0.163. The van der Waals surface area contributed by atoms with Crippen LogP contribution >= 0.6 is 0 Å². The van der Waals surface area contributed by atoms with Gasteiger partial charge in [-0.2, -0.15) is 0 Å². The predicted molar refractivity (Wildman–Crippen MR) is 108 cm³/mol. The first-order valence-corrected chi connectivity index (χ1v) is 9.77. The average Bonchev–Trinajstić information content (AvgIpc) is 3.13. The largest absolute Gasteiger partial charge is 0.484 e. The first-order chi connectivity index (χ1) is 14.9. The summed E-state index contributed by atoms with van der Waals surface area (Å²) in [4.78, 5) is 52.0. The third-order valence-corrected chi connectivity index (χ3v) is 5.49. The van der Waals surface area contributed by atoms with Crippen LogP contribution in [0, 0.1) is 6.92 Å². The number of hydrogen-bond donors (Lipinski definition) is 2. The minimum Gasteiger partial charge on any atom is -0.484 e. The molecule has 2 aromatic rings. The van der Waals surface area contributed by atoms with E-state index in [2.05, 4.69) is 5.32 Å². The fourth-order valence-electron chi connectivity index (χ4n) is 3.97. The second-order valence-corrected chi connectivity index (χ2v) is 7.44. The summed E-state index contributed by atoms with van der Waals surface area (Å²) in [6, 6.07) is 14.1. The van der Waals surface area contributed by atoms with E-state index in [-0.39, 0.29) is 13.2 Å². The number of ether oxygens (including phenoxy) is 1. The number of fused-ring (bicyclic) bond motifs is 1. The van der Waals surface area contributed by atoms with Crippen LogP contribution < -0.4 is 10.1 Å². The Morgan fingerprint density at radius 2 is 1.77 bits per heavy atom. The van der Waals surface area contributed by atoms with Crippen molar-refractivity contribution in [1.29, 1.82) is 0 Å². The molecule has 2 N–H and O–H groups in total. The normalized spacial score (nSPS) is 21.8. The fraction of sp³-hybridized carbons (Fsp3) is 0.273. The van der Waals surface area contributed by atoms with Crippen LogP contribution in [0.1, 0.15) is 15.9 Å². The van der Waals surface area contributed by atoms with E-state index in [1.54, 1.807) is 55.5 Å². The fourth-order valence-corrected chi connectivity index (χ4v) is 3.97. The third-order valence-electron chi connectivity index (χ3n) is 5.49. The number of nitrogens with one attached hydrogen (secondary N) is 1. The molecule has 0 radical (unpaired) electrons. The van der Waals surface area contributed by atoms with Crippen LogP contribution in [0.25, 0.3) is 0 Å². The summed E-state index contributed by atoms with van der Waals surface area (Å²) in [5.41, 5.74) is 1.08. The molecule has 160 valence electrons. The van der Waals surface area contributed by atoms with Gasteiger partial charge in [0, 0.05) is 12.1 Å². The molecule has 2 aliphatic rings. The van der Waals surface area contributed by atoms with E-state index in [4.69, 9.17) is 4.74 Å². The zero-order valence-corrected chi connectivity index (χ0v) is 16.7. The Morgan fingerprint density at radius 3 is 2.45 bits per heavy atom. The molecule has 3 atom stereocenters. The van der Waals surface area contributed by atoms with Crippen molar-refractivity contribution in [3.05, 3.63) is 65.7 Å².